The highest BCUT2D eigenvalue weighted by Crippen LogP contribution is 2.39. The van der Waals surface area contributed by atoms with Gasteiger partial charge >= 0.3 is 12.4 Å². The van der Waals surface area contributed by atoms with Crippen molar-refractivity contribution in [1.29, 1.82) is 0 Å². The largest absolute Gasteiger partial charge is 0.416 e. The fraction of sp³-hybridized carbons (Fsp3) is 0.333. The maximum atomic E-state index is 13.5. The lowest BCUT2D eigenvalue weighted by Crippen LogP contribution is -2.29. The number of sulfone groups is 1. The minimum Gasteiger partial charge on any atom is -0.348 e. The minimum atomic E-state index is -4.52. The molecule has 71 heavy (non-hydrogen) atoms. The summed E-state index contributed by atoms with van der Waals surface area (Å²) in [7, 11) is 0.446. The van der Waals surface area contributed by atoms with E-state index in [-0.39, 0.29) is 40.0 Å². The molecule has 6 heterocycles. The van der Waals surface area contributed by atoms with Crippen LogP contribution in [-0.2, 0) is 22.2 Å². The third-order valence-corrected chi connectivity index (χ3v) is 13.5. The van der Waals surface area contributed by atoms with Gasteiger partial charge in [-0.2, -0.15) is 36.5 Å². The topological polar surface area (TPSA) is 156 Å². The molecule has 0 spiro atoms. The van der Waals surface area contributed by atoms with E-state index < -0.39 is 33.3 Å². The van der Waals surface area contributed by atoms with E-state index >= 15 is 0 Å². The summed E-state index contributed by atoms with van der Waals surface area (Å²) < 4.78 is 104. The summed E-state index contributed by atoms with van der Waals surface area (Å²) in [6.07, 6.45) is -1.41. The molecule has 1 atom stereocenters. The number of benzene rings is 3. The highest BCUT2D eigenvalue weighted by atomic mass is 32.2. The summed E-state index contributed by atoms with van der Waals surface area (Å²) in [5.74, 6) is 0.788. The number of alkyl halides is 6. The van der Waals surface area contributed by atoms with Crippen LogP contribution in [-0.4, -0.2) is 105 Å². The van der Waals surface area contributed by atoms with Gasteiger partial charge in [0.25, 0.3) is 0 Å². The number of hydrogen-bond acceptors (Lipinski definition) is 13. The molecule has 1 unspecified atom stereocenters. The number of piperidine rings is 2. The van der Waals surface area contributed by atoms with Gasteiger partial charge in [-0.05, 0) is 127 Å². The Labute approximate surface area is 407 Å². The second-order valence-electron chi connectivity index (χ2n) is 17.9. The number of likely N-dealkylation sites (tertiary alicyclic amines) is 2. The Kier molecular flexibility index (Phi) is 15.2. The molecule has 370 valence electrons. The summed E-state index contributed by atoms with van der Waals surface area (Å²) in [6, 6.07) is 26.8. The molecule has 9 rings (SSSR count). The third kappa shape index (κ3) is 12.6. The summed E-state index contributed by atoms with van der Waals surface area (Å²) in [5, 5.41) is 20.5. The van der Waals surface area contributed by atoms with Gasteiger partial charge in [0.2, 0.25) is 20.9 Å². The first-order valence-corrected chi connectivity index (χ1v) is 24.8. The first kappa shape index (κ1) is 50.6. The van der Waals surface area contributed by atoms with E-state index in [1.807, 2.05) is 50.4 Å². The van der Waals surface area contributed by atoms with Crippen LogP contribution in [0.15, 0.2) is 121 Å². The molecule has 0 radical (unpaired) electrons. The van der Waals surface area contributed by atoms with Crippen molar-refractivity contribution >= 4 is 15.8 Å². The van der Waals surface area contributed by atoms with Crippen LogP contribution in [0, 0.1) is 0 Å². The van der Waals surface area contributed by atoms with Crippen LogP contribution in [0.1, 0.15) is 78.6 Å². The van der Waals surface area contributed by atoms with Crippen LogP contribution in [0.25, 0.3) is 45.0 Å². The van der Waals surface area contributed by atoms with Crippen LogP contribution in [0.4, 0.5) is 32.3 Å². The standard InChI is InChI=1S/C29H29F3N6.C22H22F3N5O2S/c1-19(20-7-4-3-5-8-20)34-28-33-14-11-25(35-28)24-18-26(21-12-15-38(2)16-13-21)36-37-27(24)22-9-6-10-23(17-22)29(30,31)32;1-30-10-7-14(8-11-30)19-13-17(18-6-9-26-21(27-18)33(2,31)32)20(29-28-19)15-4-3-5-16(12-15)22(23,24)25/h3-11,14,17-19,21H,12-13,15-16H2,1-2H3,(H,33,34,35);3-6,9,12-14H,7-8,10-11H2,1-2H3. The smallest absolute Gasteiger partial charge is 0.348 e. The van der Waals surface area contributed by atoms with Gasteiger partial charge < -0.3 is 15.1 Å². The Morgan fingerprint density at radius 1 is 0.592 bits per heavy atom. The highest BCUT2D eigenvalue weighted by molar-refractivity contribution is 7.90. The lowest BCUT2D eigenvalue weighted by Gasteiger charge is -2.28. The van der Waals surface area contributed by atoms with Crippen LogP contribution in [0.5, 0.6) is 0 Å². The van der Waals surface area contributed by atoms with Crippen molar-refractivity contribution in [2.24, 2.45) is 0 Å². The molecular weight excluding hydrogens is 945 g/mol. The first-order chi connectivity index (χ1) is 33.8. The Hall–Kier alpha value is -6.77. The van der Waals surface area contributed by atoms with Gasteiger partial charge in [0.05, 0.1) is 39.9 Å². The molecule has 2 fully saturated rings. The van der Waals surface area contributed by atoms with E-state index in [4.69, 9.17) is 4.98 Å². The lowest BCUT2D eigenvalue weighted by molar-refractivity contribution is -0.138. The maximum absolute atomic E-state index is 13.5. The fourth-order valence-corrected chi connectivity index (χ4v) is 9.11. The van der Waals surface area contributed by atoms with Crippen molar-refractivity contribution in [1.82, 2.24) is 50.1 Å². The van der Waals surface area contributed by atoms with Gasteiger partial charge in [0.15, 0.2) is 0 Å². The molecule has 1 N–H and O–H groups in total. The normalized spacial score (nSPS) is 16.0. The summed E-state index contributed by atoms with van der Waals surface area (Å²) in [5.41, 5.74) is 4.02. The first-order valence-electron chi connectivity index (χ1n) is 23.0. The van der Waals surface area contributed by atoms with E-state index in [0.29, 0.717) is 39.7 Å². The molecule has 0 saturated carbocycles. The molecule has 20 heteroatoms. The summed E-state index contributed by atoms with van der Waals surface area (Å²) in [4.78, 5) is 21.6. The van der Waals surface area contributed by atoms with E-state index in [1.165, 1.54) is 30.5 Å². The van der Waals surface area contributed by atoms with Crippen molar-refractivity contribution in [2.45, 2.75) is 68.0 Å². The van der Waals surface area contributed by atoms with Gasteiger partial charge in [-0.3, -0.25) is 0 Å². The number of nitrogens with one attached hydrogen (secondary N) is 1. The zero-order valence-corrected chi connectivity index (χ0v) is 40.1. The Morgan fingerprint density at radius 3 is 1.52 bits per heavy atom. The predicted octanol–water partition coefficient (Wildman–Crippen LogP) is 10.4. The number of rotatable bonds is 10. The highest BCUT2D eigenvalue weighted by Gasteiger charge is 2.33. The monoisotopic (exact) mass is 995 g/mol. The average molecular weight is 996 g/mol. The Bertz CT molecular complexity index is 3070. The van der Waals surface area contributed by atoms with Gasteiger partial charge in [0, 0.05) is 52.7 Å². The molecule has 0 aliphatic carbocycles. The molecule has 13 nitrogen and oxygen atoms in total. The SMILES string of the molecule is CC(Nc1nccc(-c2cc(C3CCN(C)CC3)nnc2-c2cccc(C(F)(F)F)c2)n1)c1ccccc1.CN1CCC(c2cc(-c3ccnc(S(C)(=O)=O)n3)c(-c3cccc(C(F)(F)F)c3)nn2)CC1. The zero-order valence-electron chi connectivity index (χ0n) is 39.3. The Morgan fingerprint density at radius 2 is 1.06 bits per heavy atom. The molecule has 3 aromatic carbocycles. The predicted molar refractivity (Wildman–Crippen MR) is 258 cm³/mol. The molecule has 7 aromatic rings. The van der Waals surface area contributed by atoms with Crippen LogP contribution >= 0.6 is 0 Å². The number of aromatic nitrogens is 8. The van der Waals surface area contributed by atoms with Crippen molar-refractivity contribution in [3.8, 4) is 45.0 Å². The molecule has 2 aliphatic rings. The molecule has 0 bridgehead atoms. The van der Waals surface area contributed by atoms with Crippen molar-refractivity contribution < 1.29 is 34.8 Å². The van der Waals surface area contributed by atoms with Crippen LogP contribution in [0.3, 0.4) is 0 Å². The van der Waals surface area contributed by atoms with E-state index in [0.717, 1.165) is 93.6 Å². The molecule has 4 aromatic heterocycles. The van der Waals surface area contributed by atoms with Gasteiger partial charge in [0.1, 0.15) is 11.4 Å². The average Bonchev–Trinajstić information content (AvgIpc) is 3.36. The van der Waals surface area contributed by atoms with E-state index in [2.05, 4.69) is 57.5 Å². The maximum Gasteiger partial charge on any atom is 0.416 e. The van der Waals surface area contributed by atoms with E-state index in [9.17, 15) is 34.8 Å². The summed E-state index contributed by atoms with van der Waals surface area (Å²) in [6.45, 7) is 5.71. The zero-order chi connectivity index (χ0) is 50.5. The lowest BCUT2D eigenvalue weighted by atomic mass is 9.91. The number of anilines is 1. The van der Waals surface area contributed by atoms with Crippen molar-refractivity contribution in [3.63, 3.8) is 0 Å². The summed E-state index contributed by atoms with van der Waals surface area (Å²) >= 11 is 0. The fourth-order valence-electron chi connectivity index (χ4n) is 8.59. The molecule has 2 saturated heterocycles. The Balaban J connectivity index is 0.000000192. The van der Waals surface area contributed by atoms with Gasteiger partial charge in [-0.1, -0.05) is 54.6 Å². The number of nitrogens with zero attached hydrogens (tertiary/aromatic N) is 10. The second kappa shape index (κ2) is 21.3. The van der Waals surface area contributed by atoms with Crippen LogP contribution in [0.2, 0.25) is 0 Å². The third-order valence-electron chi connectivity index (χ3n) is 12.6. The van der Waals surface area contributed by atoms with Gasteiger partial charge in [-0.25, -0.2) is 28.4 Å². The minimum absolute atomic E-state index is 0.0419. The van der Waals surface area contributed by atoms with Gasteiger partial charge in [-0.15, -0.1) is 10.2 Å². The van der Waals surface area contributed by atoms with E-state index in [1.54, 1.807) is 24.4 Å². The molecular formula is C51H51F6N11O2S. The molecule has 2 aliphatic heterocycles. The number of halogens is 6. The van der Waals surface area contributed by atoms with Crippen LogP contribution < -0.4 is 5.32 Å². The second-order valence-corrected chi connectivity index (χ2v) is 19.8. The van der Waals surface area contributed by atoms with Crippen molar-refractivity contribution in [3.05, 3.63) is 144 Å². The quantitative estimate of drug-likeness (QED) is 0.102. The molecule has 0 amide bonds. The van der Waals surface area contributed by atoms with Crippen molar-refractivity contribution in [2.75, 3.05) is 51.8 Å². The number of hydrogen-bond donors (Lipinski definition) is 1.